The first-order valence-corrected chi connectivity index (χ1v) is 7.25. The maximum Gasteiger partial charge on any atom is 0.196 e. The summed E-state index contributed by atoms with van der Waals surface area (Å²) in [7, 11) is 0. The van der Waals surface area contributed by atoms with Gasteiger partial charge in [-0.2, -0.15) is 5.26 Å². The molecule has 1 aromatic carbocycles. The fourth-order valence-electron chi connectivity index (χ4n) is 1.74. The zero-order valence-corrected chi connectivity index (χ0v) is 12.4. The minimum absolute atomic E-state index is 0.312. The molecule has 6 nitrogen and oxygen atoms in total. The smallest absolute Gasteiger partial charge is 0.196 e. The molecule has 0 amide bonds. The Hall–Kier alpha value is -2.30. The number of aromatic nitrogens is 2. The van der Waals surface area contributed by atoms with Gasteiger partial charge in [-0.25, -0.2) is 9.97 Å². The second-order valence-corrected chi connectivity index (χ2v) is 5.33. The third-order valence-electron chi connectivity index (χ3n) is 2.69. The first-order chi connectivity index (χ1) is 10.1. The summed E-state index contributed by atoms with van der Waals surface area (Å²) < 4.78 is 0. The van der Waals surface area contributed by atoms with Gasteiger partial charge in [-0.15, -0.1) is 0 Å². The van der Waals surface area contributed by atoms with E-state index in [1.54, 1.807) is 0 Å². The van der Waals surface area contributed by atoms with Gasteiger partial charge in [-0.05, 0) is 36.0 Å². The van der Waals surface area contributed by atoms with Crippen LogP contribution in [0.1, 0.15) is 18.1 Å². The van der Waals surface area contributed by atoms with Crippen LogP contribution in [0.5, 0.6) is 0 Å². The van der Waals surface area contributed by atoms with Gasteiger partial charge < -0.3 is 16.8 Å². The molecule has 108 valence electrons. The van der Waals surface area contributed by atoms with Crippen LogP contribution in [0.3, 0.4) is 0 Å². The van der Waals surface area contributed by atoms with E-state index in [0.29, 0.717) is 22.4 Å². The van der Waals surface area contributed by atoms with E-state index in [0.717, 1.165) is 23.5 Å². The molecule has 0 atom stereocenters. The molecule has 21 heavy (non-hydrogen) atoms. The zero-order valence-electron chi connectivity index (χ0n) is 11.6. The fourth-order valence-corrected chi connectivity index (χ4v) is 2.59. The van der Waals surface area contributed by atoms with Crippen LogP contribution < -0.4 is 16.8 Å². The highest BCUT2D eigenvalue weighted by Crippen LogP contribution is 2.29. The van der Waals surface area contributed by atoms with Crippen molar-refractivity contribution < 1.29 is 0 Å². The molecule has 1 heterocycles. The second-order valence-electron chi connectivity index (χ2n) is 4.32. The Balaban J connectivity index is 2.25. The number of benzene rings is 1. The standard InChI is InChI=1S/C14H16N6S/c1-2-18-8-9-3-4-11(10(5-9)7-15)21-14-19-12(16)6-13(17)20-14/h3-6,18H,2,8H2,1H3,(H4,16,17,19,20). The number of nitriles is 1. The van der Waals surface area contributed by atoms with E-state index in [4.69, 9.17) is 11.5 Å². The second kappa shape index (κ2) is 6.92. The number of anilines is 2. The highest BCUT2D eigenvalue weighted by Gasteiger charge is 2.09. The summed E-state index contributed by atoms with van der Waals surface area (Å²) in [5, 5.41) is 12.9. The van der Waals surface area contributed by atoms with E-state index in [1.807, 2.05) is 25.1 Å². The van der Waals surface area contributed by atoms with Crippen LogP contribution in [0.25, 0.3) is 0 Å². The molecule has 5 N–H and O–H groups in total. The minimum atomic E-state index is 0.312. The van der Waals surface area contributed by atoms with Gasteiger partial charge in [0, 0.05) is 17.5 Å². The third-order valence-corrected chi connectivity index (χ3v) is 3.63. The molecule has 2 rings (SSSR count). The van der Waals surface area contributed by atoms with E-state index in [9.17, 15) is 5.26 Å². The molecule has 0 bridgehead atoms. The molecular weight excluding hydrogens is 284 g/mol. The third kappa shape index (κ3) is 4.08. The molecule has 0 spiro atoms. The number of nitrogens with two attached hydrogens (primary N) is 2. The van der Waals surface area contributed by atoms with Gasteiger partial charge in [-0.3, -0.25) is 0 Å². The van der Waals surface area contributed by atoms with Crippen molar-refractivity contribution in [2.24, 2.45) is 0 Å². The van der Waals surface area contributed by atoms with Crippen LogP contribution in [-0.4, -0.2) is 16.5 Å². The van der Waals surface area contributed by atoms with Crippen LogP contribution in [0.2, 0.25) is 0 Å². The first-order valence-electron chi connectivity index (χ1n) is 6.44. The normalized spacial score (nSPS) is 10.3. The van der Waals surface area contributed by atoms with Crippen LogP contribution in [0, 0.1) is 11.3 Å². The summed E-state index contributed by atoms with van der Waals surface area (Å²) in [6.45, 7) is 3.66. The predicted molar refractivity (Wildman–Crippen MR) is 83.5 cm³/mol. The average molecular weight is 300 g/mol. The van der Waals surface area contributed by atoms with Crippen molar-refractivity contribution >= 4 is 23.4 Å². The molecule has 0 aliphatic heterocycles. The SMILES string of the molecule is CCNCc1ccc(Sc2nc(N)cc(N)n2)c(C#N)c1. The van der Waals surface area contributed by atoms with Crippen molar-refractivity contribution in [3.63, 3.8) is 0 Å². The highest BCUT2D eigenvalue weighted by atomic mass is 32.2. The van der Waals surface area contributed by atoms with Crippen LogP contribution in [0.15, 0.2) is 34.3 Å². The van der Waals surface area contributed by atoms with Crippen molar-refractivity contribution in [1.82, 2.24) is 15.3 Å². The van der Waals surface area contributed by atoms with E-state index in [1.165, 1.54) is 17.8 Å². The van der Waals surface area contributed by atoms with E-state index >= 15 is 0 Å². The van der Waals surface area contributed by atoms with E-state index < -0.39 is 0 Å². The predicted octanol–water partition coefficient (Wildman–Crippen LogP) is 1.77. The molecule has 0 unspecified atom stereocenters. The van der Waals surface area contributed by atoms with Crippen LogP contribution in [0.4, 0.5) is 11.6 Å². The zero-order chi connectivity index (χ0) is 15.2. The summed E-state index contributed by atoms with van der Waals surface area (Å²) in [6, 6.07) is 9.41. The average Bonchev–Trinajstić information content (AvgIpc) is 2.45. The van der Waals surface area contributed by atoms with Gasteiger partial charge in [-0.1, -0.05) is 13.0 Å². The topological polar surface area (TPSA) is 114 Å². The summed E-state index contributed by atoms with van der Waals surface area (Å²) in [6.07, 6.45) is 0. The Bertz CT molecular complexity index is 659. The van der Waals surface area contributed by atoms with Gasteiger partial charge in [0.15, 0.2) is 5.16 Å². The van der Waals surface area contributed by atoms with Crippen molar-refractivity contribution in [3.8, 4) is 6.07 Å². The Morgan fingerprint density at radius 2 is 1.95 bits per heavy atom. The first kappa shape index (κ1) is 15.1. The van der Waals surface area contributed by atoms with Crippen LogP contribution >= 0.6 is 11.8 Å². The van der Waals surface area contributed by atoms with E-state index in [-0.39, 0.29) is 0 Å². The summed E-state index contributed by atoms with van der Waals surface area (Å²) in [5.74, 6) is 0.625. The molecule has 0 aliphatic carbocycles. The van der Waals surface area contributed by atoms with Crippen molar-refractivity contribution in [2.75, 3.05) is 18.0 Å². The van der Waals surface area contributed by atoms with Gasteiger partial charge in [0.1, 0.15) is 17.7 Å². The van der Waals surface area contributed by atoms with E-state index in [2.05, 4.69) is 21.4 Å². The Morgan fingerprint density at radius 1 is 1.24 bits per heavy atom. The lowest BCUT2D eigenvalue weighted by atomic mass is 10.1. The minimum Gasteiger partial charge on any atom is -0.383 e. The number of hydrogen-bond acceptors (Lipinski definition) is 7. The summed E-state index contributed by atoms with van der Waals surface area (Å²) in [4.78, 5) is 8.99. The molecule has 7 heteroatoms. The monoisotopic (exact) mass is 300 g/mol. The maximum absolute atomic E-state index is 9.28. The maximum atomic E-state index is 9.28. The summed E-state index contributed by atoms with van der Waals surface area (Å²) in [5.41, 5.74) is 12.9. The molecule has 0 fully saturated rings. The molecule has 0 aliphatic rings. The van der Waals surface area contributed by atoms with Crippen molar-refractivity contribution in [2.45, 2.75) is 23.5 Å². The number of hydrogen-bond donors (Lipinski definition) is 3. The number of nitrogens with one attached hydrogen (secondary N) is 1. The van der Waals surface area contributed by atoms with Gasteiger partial charge >= 0.3 is 0 Å². The van der Waals surface area contributed by atoms with Crippen molar-refractivity contribution in [1.29, 1.82) is 5.26 Å². The summed E-state index contributed by atoms with van der Waals surface area (Å²) >= 11 is 1.27. The van der Waals surface area contributed by atoms with Gasteiger partial charge in [0.2, 0.25) is 0 Å². The molecule has 0 saturated heterocycles. The van der Waals surface area contributed by atoms with Gasteiger partial charge in [0.25, 0.3) is 0 Å². The highest BCUT2D eigenvalue weighted by molar-refractivity contribution is 7.99. The molecular formula is C14H16N6S. The number of nitrogens with zero attached hydrogens (tertiary/aromatic N) is 3. The Kier molecular flexibility index (Phi) is 4.98. The molecule has 1 aromatic heterocycles. The van der Waals surface area contributed by atoms with Crippen molar-refractivity contribution in [3.05, 3.63) is 35.4 Å². The lowest BCUT2D eigenvalue weighted by Gasteiger charge is -2.07. The quantitative estimate of drug-likeness (QED) is 0.721. The number of nitrogen functional groups attached to an aromatic ring is 2. The van der Waals surface area contributed by atoms with Gasteiger partial charge in [0.05, 0.1) is 5.56 Å². The fraction of sp³-hybridized carbons (Fsp3) is 0.214. The molecule has 2 aromatic rings. The Morgan fingerprint density at radius 3 is 2.57 bits per heavy atom. The Labute approximate surface area is 127 Å². The lowest BCUT2D eigenvalue weighted by molar-refractivity contribution is 0.726. The van der Waals surface area contributed by atoms with Crippen LogP contribution in [-0.2, 0) is 6.54 Å². The largest absolute Gasteiger partial charge is 0.383 e. The molecule has 0 radical (unpaired) electrons. The number of rotatable bonds is 5. The lowest BCUT2D eigenvalue weighted by Crippen LogP contribution is -2.11. The molecule has 0 saturated carbocycles.